The van der Waals surface area contributed by atoms with Crippen LogP contribution in [-0.2, 0) is 4.79 Å². The molecule has 0 aromatic carbocycles. The lowest BCUT2D eigenvalue weighted by Crippen LogP contribution is -2.57. The molecule has 1 amide bonds. The van der Waals surface area contributed by atoms with Gasteiger partial charge < -0.3 is 9.80 Å². The van der Waals surface area contributed by atoms with E-state index in [2.05, 4.69) is 49.3 Å². The van der Waals surface area contributed by atoms with Gasteiger partial charge in [-0.1, -0.05) is 20.8 Å². The molecule has 22 heavy (non-hydrogen) atoms. The maximum Gasteiger partial charge on any atom is 0.227 e. The molecule has 2 atom stereocenters. The Morgan fingerprint density at radius 2 is 1.82 bits per heavy atom. The molecule has 2 aliphatic heterocycles. The van der Waals surface area contributed by atoms with Crippen LogP contribution in [0, 0.1) is 11.8 Å². The van der Waals surface area contributed by atoms with Gasteiger partial charge in [-0.15, -0.1) is 0 Å². The van der Waals surface area contributed by atoms with Crippen LogP contribution in [0.15, 0.2) is 0 Å². The fraction of sp³-hybridized carbons (Fsp3) is 0.944. The zero-order chi connectivity index (χ0) is 16.3. The zero-order valence-corrected chi connectivity index (χ0v) is 15.2. The third-order valence-corrected chi connectivity index (χ3v) is 5.24. The number of nitrogens with zero attached hydrogens (tertiary/aromatic N) is 3. The van der Waals surface area contributed by atoms with Crippen molar-refractivity contribution in [2.75, 3.05) is 39.3 Å². The largest absolute Gasteiger partial charge is 0.337 e. The van der Waals surface area contributed by atoms with Crippen LogP contribution in [0.4, 0.5) is 0 Å². The van der Waals surface area contributed by atoms with Crippen molar-refractivity contribution in [3.8, 4) is 0 Å². The summed E-state index contributed by atoms with van der Waals surface area (Å²) in [6, 6.07) is 0.968. The van der Waals surface area contributed by atoms with E-state index in [1.54, 1.807) is 0 Å². The van der Waals surface area contributed by atoms with Gasteiger partial charge >= 0.3 is 0 Å². The second kappa shape index (κ2) is 7.78. The van der Waals surface area contributed by atoms with E-state index in [1.165, 1.54) is 0 Å². The summed E-state index contributed by atoms with van der Waals surface area (Å²) in [5.74, 6) is 1.35. The third-order valence-electron chi connectivity index (χ3n) is 5.24. The van der Waals surface area contributed by atoms with Crippen LogP contribution in [0.1, 0.15) is 47.5 Å². The van der Waals surface area contributed by atoms with Crippen LogP contribution in [0.5, 0.6) is 0 Å². The number of likely N-dealkylation sites (tertiary alicyclic amines) is 1. The van der Waals surface area contributed by atoms with Gasteiger partial charge in [-0.2, -0.15) is 0 Å². The van der Waals surface area contributed by atoms with E-state index < -0.39 is 0 Å². The third kappa shape index (κ3) is 4.23. The van der Waals surface area contributed by atoms with Crippen LogP contribution >= 0.6 is 0 Å². The smallest absolute Gasteiger partial charge is 0.227 e. The highest BCUT2D eigenvalue weighted by Crippen LogP contribution is 2.24. The molecule has 0 spiro atoms. The summed E-state index contributed by atoms with van der Waals surface area (Å²) >= 11 is 0. The zero-order valence-electron chi connectivity index (χ0n) is 15.2. The molecule has 0 bridgehead atoms. The second-order valence-electron chi connectivity index (χ2n) is 7.82. The fourth-order valence-corrected chi connectivity index (χ4v) is 3.93. The van der Waals surface area contributed by atoms with E-state index in [9.17, 15) is 4.79 Å². The van der Waals surface area contributed by atoms with E-state index in [0.717, 1.165) is 52.1 Å². The SMILES string of the molecule is CC[C@@H]1CN(CC(C)C)CCN1C(=O)[C@@H]1CCN(C(C)C)C1. The van der Waals surface area contributed by atoms with Crippen LogP contribution in [0.2, 0.25) is 0 Å². The highest BCUT2D eigenvalue weighted by Gasteiger charge is 2.36. The highest BCUT2D eigenvalue weighted by molar-refractivity contribution is 5.80. The number of hydrogen-bond acceptors (Lipinski definition) is 3. The number of carbonyl (C=O) groups is 1. The second-order valence-corrected chi connectivity index (χ2v) is 7.82. The minimum absolute atomic E-state index is 0.230. The molecular weight excluding hydrogens is 274 g/mol. The summed E-state index contributed by atoms with van der Waals surface area (Å²) in [5.41, 5.74) is 0. The summed E-state index contributed by atoms with van der Waals surface area (Å²) in [7, 11) is 0. The van der Waals surface area contributed by atoms with Gasteiger partial charge in [-0.05, 0) is 39.2 Å². The average Bonchev–Trinajstić information content (AvgIpc) is 2.95. The van der Waals surface area contributed by atoms with Crippen molar-refractivity contribution in [1.29, 1.82) is 0 Å². The average molecular weight is 309 g/mol. The highest BCUT2D eigenvalue weighted by atomic mass is 16.2. The van der Waals surface area contributed by atoms with Gasteiger partial charge in [0.15, 0.2) is 0 Å². The van der Waals surface area contributed by atoms with Gasteiger partial charge in [-0.3, -0.25) is 9.69 Å². The Bertz CT molecular complexity index is 369. The molecule has 2 saturated heterocycles. The minimum Gasteiger partial charge on any atom is -0.337 e. The normalized spacial score (nSPS) is 28.0. The molecule has 0 saturated carbocycles. The number of rotatable bonds is 5. The van der Waals surface area contributed by atoms with E-state index in [-0.39, 0.29) is 5.92 Å². The number of hydrogen-bond donors (Lipinski definition) is 0. The standard InChI is InChI=1S/C18H35N3O/c1-6-17-13-19(11-14(2)3)9-10-21(17)18(22)16-7-8-20(12-16)15(4)5/h14-17H,6-13H2,1-5H3/t16-,17-/m1/s1. The van der Waals surface area contributed by atoms with Gasteiger partial charge in [0.2, 0.25) is 5.91 Å². The Labute approximate surface area is 136 Å². The molecule has 0 radical (unpaired) electrons. The summed E-state index contributed by atoms with van der Waals surface area (Å²) in [6.45, 7) is 17.4. The van der Waals surface area contributed by atoms with Crippen molar-refractivity contribution in [2.45, 2.75) is 59.5 Å². The predicted molar refractivity (Wildman–Crippen MR) is 91.9 cm³/mol. The first-order valence-electron chi connectivity index (χ1n) is 9.19. The van der Waals surface area contributed by atoms with E-state index in [4.69, 9.17) is 0 Å². The molecule has 2 rings (SSSR count). The molecule has 2 aliphatic rings. The Hall–Kier alpha value is -0.610. The summed E-state index contributed by atoms with van der Waals surface area (Å²) in [5, 5.41) is 0. The summed E-state index contributed by atoms with van der Waals surface area (Å²) in [4.78, 5) is 20.1. The van der Waals surface area contributed by atoms with Gasteiger partial charge in [0.1, 0.15) is 0 Å². The molecule has 2 heterocycles. The predicted octanol–water partition coefficient (Wildman–Crippen LogP) is 2.30. The Morgan fingerprint density at radius 1 is 1.09 bits per heavy atom. The van der Waals surface area contributed by atoms with E-state index in [0.29, 0.717) is 23.9 Å². The number of piperazine rings is 1. The molecule has 2 fully saturated rings. The summed E-state index contributed by atoms with van der Waals surface area (Å²) in [6.07, 6.45) is 2.11. The number of amides is 1. The van der Waals surface area contributed by atoms with Crippen LogP contribution in [0.25, 0.3) is 0 Å². The molecule has 0 N–H and O–H groups in total. The first-order chi connectivity index (χ1) is 10.4. The lowest BCUT2D eigenvalue weighted by atomic mass is 10.0. The number of carbonyl (C=O) groups excluding carboxylic acids is 1. The van der Waals surface area contributed by atoms with E-state index >= 15 is 0 Å². The van der Waals surface area contributed by atoms with Gasteiger partial charge in [0, 0.05) is 44.8 Å². The minimum atomic E-state index is 0.230. The molecular formula is C18H35N3O. The molecule has 0 aliphatic carbocycles. The van der Waals surface area contributed by atoms with Crippen molar-refractivity contribution in [3.63, 3.8) is 0 Å². The molecule has 0 aromatic heterocycles. The fourth-order valence-electron chi connectivity index (χ4n) is 3.93. The lowest BCUT2D eigenvalue weighted by Gasteiger charge is -2.42. The molecule has 0 unspecified atom stereocenters. The monoisotopic (exact) mass is 309 g/mol. The molecule has 128 valence electrons. The Morgan fingerprint density at radius 3 is 2.36 bits per heavy atom. The molecule has 4 nitrogen and oxygen atoms in total. The first-order valence-corrected chi connectivity index (χ1v) is 9.19. The van der Waals surface area contributed by atoms with E-state index in [1.807, 2.05) is 0 Å². The summed E-state index contributed by atoms with van der Waals surface area (Å²) < 4.78 is 0. The van der Waals surface area contributed by atoms with Crippen LogP contribution in [-0.4, -0.2) is 72.0 Å². The van der Waals surface area contributed by atoms with Crippen LogP contribution < -0.4 is 0 Å². The topological polar surface area (TPSA) is 26.8 Å². The Balaban J connectivity index is 1.92. The van der Waals surface area contributed by atoms with Gasteiger partial charge in [-0.25, -0.2) is 0 Å². The van der Waals surface area contributed by atoms with Crippen LogP contribution in [0.3, 0.4) is 0 Å². The van der Waals surface area contributed by atoms with Crippen molar-refractivity contribution in [3.05, 3.63) is 0 Å². The lowest BCUT2D eigenvalue weighted by molar-refractivity contribution is -0.140. The van der Waals surface area contributed by atoms with Crippen molar-refractivity contribution in [1.82, 2.24) is 14.7 Å². The van der Waals surface area contributed by atoms with Crippen molar-refractivity contribution < 1.29 is 4.79 Å². The van der Waals surface area contributed by atoms with Crippen molar-refractivity contribution >= 4 is 5.91 Å². The molecule has 0 aromatic rings. The van der Waals surface area contributed by atoms with Gasteiger partial charge in [0.25, 0.3) is 0 Å². The van der Waals surface area contributed by atoms with Crippen molar-refractivity contribution in [2.24, 2.45) is 11.8 Å². The first kappa shape index (κ1) is 17.7. The maximum atomic E-state index is 12.9. The quantitative estimate of drug-likeness (QED) is 0.779. The van der Waals surface area contributed by atoms with Gasteiger partial charge in [0.05, 0.1) is 5.92 Å². The molecule has 4 heteroatoms. The Kier molecular flexibility index (Phi) is 6.27. The maximum absolute atomic E-state index is 12.9.